The van der Waals surface area contributed by atoms with Crippen LogP contribution in [0.25, 0.3) is 11.0 Å². The van der Waals surface area contributed by atoms with E-state index in [1.54, 1.807) is 0 Å². The van der Waals surface area contributed by atoms with Crippen LogP contribution in [0.3, 0.4) is 0 Å². The van der Waals surface area contributed by atoms with Crippen LogP contribution in [0.15, 0.2) is 42.5 Å². The Morgan fingerprint density at radius 2 is 2.00 bits per heavy atom. The molecule has 1 aromatic heterocycles. The fraction of sp³-hybridized carbons (Fsp3) is 0.263. The number of carbonyl (C=O) groups is 1. The zero-order valence-electron chi connectivity index (χ0n) is 14.5. The smallest absolute Gasteiger partial charge is 0.449 e. The topological polar surface area (TPSA) is 76.2 Å². The maximum Gasteiger partial charge on any atom is 0.449 e. The number of carbonyl (C=O) groups excluding carboxylic acids is 1. The molecule has 0 spiro atoms. The number of nitrogens with zero attached hydrogens (tertiary/aromatic N) is 1. The van der Waals surface area contributed by atoms with Gasteiger partial charge in [-0.15, -0.1) is 0 Å². The SMILES string of the molecule is O=C(NCCC1COc2ccccc2O1)c1ccc2nc(C(F)(F)F)[nH]c2c1. The lowest BCUT2D eigenvalue weighted by Crippen LogP contribution is -2.34. The van der Waals surface area contributed by atoms with E-state index in [0.717, 1.165) is 0 Å². The number of hydrogen-bond donors (Lipinski definition) is 2. The van der Waals surface area contributed by atoms with E-state index in [1.165, 1.54) is 18.2 Å². The minimum absolute atomic E-state index is 0.148. The van der Waals surface area contributed by atoms with Crippen LogP contribution < -0.4 is 14.8 Å². The predicted octanol–water partition coefficient (Wildman–Crippen LogP) is 3.54. The molecule has 0 fully saturated rings. The fourth-order valence-electron chi connectivity index (χ4n) is 2.94. The van der Waals surface area contributed by atoms with Gasteiger partial charge in [-0.1, -0.05) is 12.1 Å². The van der Waals surface area contributed by atoms with Gasteiger partial charge in [-0.25, -0.2) is 4.98 Å². The van der Waals surface area contributed by atoms with Crippen molar-refractivity contribution in [2.24, 2.45) is 0 Å². The minimum atomic E-state index is -4.57. The predicted molar refractivity (Wildman–Crippen MR) is 94.4 cm³/mol. The summed E-state index contributed by atoms with van der Waals surface area (Å²) in [4.78, 5) is 18.0. The molecule has 1 aliphatic heterocycles. The molecule has 0 saturated heterocycles. The van der Waals surface area contributed by atoms with Gasteiger partial charge < -0.3 is 19.8 Å². The summed E-state index contributed by atoms with van der Waals surface area (Å²) < 4.78 is 49.6. The molecule has 0 radical (unpaired) electrons. The first-order valence-electron chi connectivity index (χ1n) is 8.64. The van der Waals surface area contributed by atoms with Crippen LogP contribution in [0.2, 0.25) is 0 Å². The molecular weight excluding hydrogens is 375 g/mol. The second-order valence-corrected chi connectivity index (χ2v) is 6.36. The summed E-state index contributed by atoms with van der Waals surface area (Å²) >= 11 is 0. The molecule has 0 bridgehead atoms. The van der Waals surface area contributed by atoms with Gasteiger partial charge in [-0.3, -0.25) is 4.79 Å². The molecule has 1 unspecified atom stereocenters. The number of rotatable bonds is 4. The number of benzene rings is 2. The van der Waals surface area contributed by atoms with Gasteiger partial charge in [0.25, 0.3) is 5.91 Å². The number of hydrogen-bond acceptors (Lipinski definition) is 4. The molecule has 2 aromatic carbocycles. The molecule has 2 N–H and O–H groups in total. The van der Waals surface area contributed by atoms with Crippen molar-refractivity contribution in [3.8, 4) is 11.5 Å². The number of amides is 1. The Hall–Kier alpha value is -3.23. The Kier molecular flexibility index (Phi) is 4.58. The molecule has 0 aliphatic carbocycles. The summed E-state index contributed by atoms with van der Waals surface area (Å²) in [5.41, 5.74) is 0.548. The monoisotopic (exact) mass is 391 g/mol. The number of H-pyrrole nitrogens is 1. The van der Waals surface area contributed by atoms with Crippen molar-refractivity contribution in [2.75, 3.05) is 13.2 Å². The third kappa shape index (κ3) is 3.73. The van der Waals surface area contributed by atoms with E-state index in [4.69, 9.17) is 9.47 Å². The molecule has 1 amide bonds. The number of nitrogens with one attached hydrogen (secondary N) is 2. The van der Waals surface area contributed by atoms with Crippen LogP contribution >= 0.6 is 0 Å². The van der Waals surface area contributed by atoms with Crippen LogP contribution in [0.1, 0.15) is 22.6 Å². The van der Waals surface area contributed by atoms with E-state index >= 15 is 0 Å². The third-order valence-electron chi connectivity index (χ3n) is 4.33. The first kappa shape index (κ1) is 18.1. The van der Waals surface area contributed by atoms with Crippen molar-refractivity contribution in [1.29, 1.82) is 0 Å². The number of aromatic nitrogens is 2. The average Bonchev–Trinajstić information content (AvgIpc) is 3.11. The van der Waals surface area contributed by atoms with Gasteiger partial charge in [0.05, 0.1) is 11.0 Å². The molecule has 1 aliphatic rings. The van der Waals surface area contributed by atoms with Crippen molar-refractivity contribution in [3.63, 3.8) is 0 Å². The summed E-state index contributed by atoms with van der Waals surface area (Å²) in [6, 6.07) is 11.5. The van der Waals surface area contributed by atoms with Crippen LogP contribution in [-0.2, 0) is 6.18 Å². The molecule has 3 aromatic rings. The average molecular weight is 391 g/mol. The highest BCUT2D eigenvalue weighted by atomic mass is 19.4. The Labute approximate surface area is 157 Å². The number of ether oxygens (including phenoxy) is 2. The van der Waals surface area contributed by atoms with Gasteiger partial charge in [0, 0.05) is 18.5 Å². The van der Waals surface area contributed by atoms with Crippen LogP contribution in [-0.4, -0.2) is 35.1 Å². The second-order valence-electron chi connectivity index (χ2n) is 6.36. The number of halogens is 3. The summed E-state index contributed by atoms with van der Waals surface area (Å²) in [5.74, 6) is -0.124. The normalized spacial score (nSPS) is 16.2. The number of imidazole rings is 1. The molecule has 28 heavy (non-hydrogen) atoms. The number of fused-ring (bicyclic) bond motifs is 2. The van der Waals surface area contributed by atoms with Gasteiger partial charge in [-0.05, 0) is 30.3 Å². The van der Waals surface area contributed by atoms with Gasteiger partial charge >= 0.3 is 6.18 Å². The lowest BCUT2D eigenvalue weighted by atomic mass is 10.1. The first-order valence-corrected chi connectivity index (χ1v) is 8.64. The number of para-hydroxylation sites is 2. The van der Waals surface area contributed by atoms with Crippen LogP contribution in [0.5, 0.6) is 11.5 Å². The summed E-state index contributed by atoms with van der Waals surface area (Å²) in [6.45, 7) is 0.719. The molecule has 4 rings (SSSR count). The van der Waals surface area contributed by atoms with E-state index in [9.17, 15) is 18.0 Å². The fourth-order valence-corrected chi connectivity index (χ4v) is 2.94. The minimum Gasteiger partial charge on any atom is -0.486 e. The molecule has 0 saturated carbocycles. The van der Waals surface area contributed by atoms with Gasteiger partial charge in [-0.2, -0.15) is 13.2 Å². The highest BCUT2D eigenvalue weighted by Crippen LogP contribution is 2.31. The Balaban J connectivity index is 1.35. The summed E-state index contributed by atoms with van der Waals surface area (Å²) in [5, 5.41) is 2.74. The Morgan fingerprint density at radius 1 is 1.21 bits per heavy atom. The van der Waals surface area contributed by atoms with Crippen LogP contribution in [0, 0.1) is 0 Å². The third-order valence-corrected chi connectivity index (χ3v) is 4.33. The summed E-state index contributed by atoms with van der Waals surface area (Å²) in [7, 11) is 0. The van der Waals surface area contributed by atoms with Crippen molar-refractivity contribution in [3.05, 3.63) is 53.9 Å². The summed E-state index contributed by atoms with van der Waals surface area (Å²) in [6.07, 6.45) is -4.23. The largest absolute Gasteiger partial charge is 0.486 e. The highest BCUT2D eigenvalue weighted by molar-refractivity contribution is 5.97. The molecule has 1 atom stereocenters. The molecule has 9 heteroatoms. The Bertz CT molecular complexity index is 1020. The lowest BCUT2D eigenvalue weighted by Gasteiger charge is -2.26. The Morgan fingerprint density at radius 3 is 2.79 bits per heavy atom. The van der Waals surface area contributed by atoms with E-state index in [2.05, 4.69) is 15.3 Å². The maximum atomic E-state index is 12.7. The highest BCUT2D eigenvalue weighted by Gasteiger charge is 2.34. The van der Waals surface area contributed by atoms with Crippen molar-refractivity contribution >= 4 is 16.9 Å². The molecular formula is C19H16F3N3O3. The van der Waals surface area contributed by atoms with Crippen LogP contribution in [0.4, 0.5) is 13.2 Å². The number of alkyl halides is 3. The zero-order chi connectivity index (χ0) is 19.7. The van der Waals surface area contributed by atoms with Crippen molar-refractivity contribution in [2.45, 2.75) is 18.7 Å². The van der Waals surface area contributed by atoms with Crippen molar-refractivity contribution < 1.29 is 27.4 Å². The quantitative estimate of drug-likeness (QED) is 0.713. The molecule has 2 heterocycles. The molecule has 146 valence electrons. The lowest BCUT2D eigenvalue weighted by molar-refractivity contribution is -0.144. The van der Waals surface area contributed by atoms with E-state index < -0.39 is 12.0 Å². The van der Waals surface area contributed by atoms with Gasteiger partial charge in [0.2, 0.25) is 5.82 Å². The first-order chi connectivity index (χ1) is 13.4. The van der Waals surface area contributed by atoms with E-state index in [1.807, 2.05) is 24.3 Å². The molecule has 6 nitrogen and oxygen atoms in total. The number of aromatic amines is 1. The zero-order valence-corrected chi connectivity index (χ0v) is 14.5. The van der Waals surface area contributed by atoms with Crippen molar-refractivity contribution in [1.82, 2.24) is 15.3 Å². The standard InChI is InChI=1S/C19H16F3N3O3/c20-19(21,22)18-24-13-6-5-11(9-14(13)25-18)17(26)23-8-7-12-10-27-15-3-1-2-4-16(15)28-12/h1-6,9,12H,7-8,10H2,(H,23,26)(H,24,25). The second kappa shape index (κ2) is 7.06. The van der Waals surface area contributed by atoms with E-state index in [0.29, 0.717) is 31.1 Å². The van der Waals surface area contributed by atoms with E-state index in [-0.39, 0.29) is 28.6 Å². The van der Waals surface area contributed by atoms with Gasteiger partial charge in [0.1, 0.15) is 12.7 Å². The maximum absolute atomic E-state index is 12.7. The van der Waals surface area contributed by atoms with Gasteiger partial charge in [0.15, 0.2) is 11.5 Å².